The van der Waals surface area contributed by atoms with Crippen LogP contribution in [0.1, 0.15) is 12.5 Å². The number of hydrogen-bond donors (Lipinski definition) is 1. The van der Waals surface area contributed by atoms with Crippen molar-refractivity contribution in [2.75, 3.05) is 18.5 Å². The van der Waals surface area contributed by atoms with E-state index >= 15 is 0 Å². The van der Waals surface area contributed by atoms with Crippen LogP contribution < -0.4 is 14.8 Å². The molecule has 1 aliphatic heterocycles. The van der Waals surface area contributed by atoms with Gasteiger partial charge in [0.2, 0.25) is 0 Å². The first-order valence-electron chi connectivity index (χ1n) is 7.08. The van der Waals surface area contributed by atoms with Gasteiger partial charge in [0.1, 0.15) is 6.61 Å². The molecule has 1 aromatic carbocycles. The van der Waals surface area contributed by atoms with E-state index in [9.17, 15) is 4.79 Å². The average molecular weight is 296 g/mol. The smallest absolute Gasteiger partial charge is 0.255 e. The van der Waals surface area contributed by atoms with E-state index in [1.165, 1.54) is 0 Å². The van der Waals surface area contributed by atoms with E-state index < -0.39 is 0 Å². The van der Waals surface area contributed by atoms with E-state index in [0.717, 1.165) is 5.56 Å². The van der Waals surface area contributed by atoms with E-state index in [0.29, 0.717) is 29.4 Å². The summed E-state index contributed by atoms with van der Waals surface area (Å²) >= 11 is 0. The second-order valence-electron chi connectivity index (χ2n) is 4.76. The molecule has 0 spiro atoms. The SMILES string of the molecule is CCOc1cccc2c1OCC(C(=O)Nc1ccncc1)=C2. The summed E-state index contributed by atoms with van der Waals surface area (Å²) in [5.74, 6) is 1.20. The highest BCUT2D eigenvalue weighted by Gasteiger charge is 2.20. The predicted octanol–water partition coefficient (Wildman–Crippen LogP) is 2.89. The zero-order valence-corrected chi connectivity index (χ0v) is 12.2. The maximum atomic E-state index is 12.3. The number of rotatable bonds is 4. The van der Waals surface area contributed by atoms with Gasteiger partial charge < -0.3 is 14.8 Å². The molecule has 0 bridgehead atoms. The molecule has 0 radical (unpaired) electrons. The molecule has 0 aliphatic carbocycles. The van der Waals surface area contributed by atoms with Gasteiger partial charge in [-0.3, -0.25) is 9.78 Å². The molecule has 1 N–H and O–H groups in total. The summed E-state index contributed by atoms with van der Waals surface area (Å²) in [6, 6.07) is 9.12. The van der Waals surface area contributed by atoms with Crippen LogP contribution in [0.15, 0.2) is 48.3 Å². The van der Waals surface area contributed by atoms with Gasteiger partial charge in [-0.1, -0.05) is 12.1 Å². The first-order valence-corrected chi connectivity index (χ1v) is 7.08. The van der Waals surface area contributed by atoms with Crippen molar-refractivity contribution >= 4 is 17.7 Å². The molecule has 0 atom stereocenters. The average Bonchev–Trinajstić information content (AvgIpc) is 2.56. The number of nitrogens with one attached hydrogen (secondary N) is 1. The third-order valence-electron chi connectivity index (χ3n) is 3.24. The van der Waals surface area contributed by atoms with Crippen LogP contribution in [0.4, 0.5) is 5.69 Å². The number of nitrogens with zero attached hydrogens (tertiary/aromatic N) is 1. The summed E-state index contributed by atoms with van der Waals surface area (Å²) in [6.45, 7) is 2.71. The van der Waals surface area contributed by atoms with Gasteiger partial charge in [0, 0.05) is 23.6 Å². The van der Waals surface area contributed by atoms with Crippen LogP contribution >= 0.6 is 0 Å². The van der Waals surface area contributed by atoms with Crippen LogP contribution in [0.2, 0.25) is 0 Å². The molecule has 1 aliphatic rings. The highest BCUT2D eigenvalue weighted by Crippen LogP contribution is 2.35. The van der Waals surface area contributed by atoms with Crippen molar-refractivity contribution in [3.8, 4) is 11.5 Å². The molecular formula is C17H16N2O3. The summed E-state index contributed by atoms with van der Waals surface area (Å²) in [4.78, 5) is 16.2. The lowest BCUT2D eigenvalue weighted by molar-refractivity contribution is -0.113. The minimum Gasteiger partial charge on any atom is -0.490 e. The van der Waals surface area contributed by atoms with E-state index in [2.05, 4.69) is 10.3 Å². The summed E-state index contributed by atoms with van der Waals surface area (Å²) < 4.78 is 11.2. The quantitative estimate of drug-likeness (QED) is 0.942. The van der Waals surface area contributed by atoms with Crippen molar-refractivity contribution in [2.24, 2.45) is 0 Å². The lowest BCUT2D eigenvalue weighted by Gasteiger charge is -2.20. The molecule has 22 heavy (non-hydrogen) atoms. The number of amides is 1. The number of anilines is 1. The highest BCUT2D eigenvalue weighted by molar-refractivity contribution is 6.07. The van der Waals surface area contributed by atoms with Crippen LogP contribution in [0, 0.1) is 0 Å². The fourth-order valence-corrected chi connectivity index (χ4v) is 2.23. The Bertz CT molecular complexity index is 711. The maximum Gasteiger partial charge on any atom is 0.255 e. The van der Waals surface area contributed by atoms with E-state index in [4.69, 9.17) is 9.47 Å². The van der Waals surface area contributed by atoms with Crippen molar-refractivity contribution in [3.63, 3.8) is 0 Å². The van der Waals surface area contributed by atoms with E-state index in [1.807, 2.05) is 31.2 Å². The summed E-state index contributed by atoms with van der Waals surface area (Å²) in [7, 11) is 0. The van der Waals surface area contributed by atoms with Crippen molar-refractivity contribution in [2.45, 2.75) is 6.92 Å². The molecule has 2 heterocycles. The molecule has 112 valence electrons. The number of carbonyl (C=O) groups is 1. The fraction of sp³-hybridized carbons (Fsp3) is 0.176. The molecule has 3 rings (SSSR count). The van der Waals surface area contributed by atoms with E-state index in [-0.39, 0.29) is 12.5 Å². The molecular weight excluding hydrogens is 280 g/mol. The Labute approximate surface area is 128 Å². The highest BCUT2D eigenvalue weighted by atomic mass is 16.5. The lowest BCUT2D eigenvalue weighted by Crippen LogP contribution is -2.21. The summed E-state index contributed by atoms with van der Waals surface area (Å²) in [6.07, 6.45) is 5.09. The number of pyridine rings is 1. The van der Waals surface area contributed by atoms with Crippen molar-refractivity contribution in [1.82, 2.24) is 4.98 Å². The first kappa shape index (κ1) is 14.1. The number of para-hydroxylation sites is 1. The third kappa shape index (κ3) is 2.93. The van der Waals surface area contributed by atoms with Gasteiger partial charge in [0.05, 0.1) is 12.2 Å². The van der Waals surface area contributed by atoms with Crippen LogP contribution in [-0.2, 0) is 4.79 Å². The molecule has 1 aromatic heterocycles. The monoisotopic (exact) mass is 296 g/mol. The van der Waals surface area contributed by atoms with Gasteiger partial charge in [-0.15, -0.1) is 0 Å². The van der Waals surface area contributed by atoms with Gasteiger partial charge >= 0.3 is 0 Å². The van der Waals surface area contributed by atoms with Crippen LogP contribution in [-0.4, -0.2) is 24.1 Å². The zero-order valence-electron chi connectivity index (χ0n) is 12.2. The van der Waals surface area contributed by atoms with Gasteiger partial charge in [0.15, 0.2) is 11.5 Å². The molecule has 2 aromatic rings. The predicted molar refractivity (Wildman–Crippen MR) is 83.9 cm³/mol. The molecule has 1 amide bonds. The maximum absolute atomic E-state index is 12.3. The van der Waals surface area contributed by atoms with Gasteiger partial charge in [0.25, 0.3) is 5.91 Å². The molecule has 0 fully saturated rings. The summed E-state index contributed by atoms with van der Waals surface area (Å²) in [5, 5.41) is 2.82. The molecule has 5 nitrogen and oxygen atoms in total. The second kappa shape index (κ2) is 6.30. The Morgan fingerprint density at radius 3 is 2.91 bits per heavy atom. The Morgan fingerprint density at radius 1 is 1.32 bits per heavy atom. The zero-order chi connectivity index (χ0) is 15.4. The van der Waals surface area contributed by atoms with Crippen LogP contribution in [0.25, 0.3) is 6.08 Å². The Hall–Kier alpha value is -2.82. The van der Waals surface area contributed by atoms with Crippen LogP contribution in [0.5, 0.6) is 11.5 Å². The minimum absolute atomic E-state index is 0.182. The van der Waals surface area contributed by atoms with Gasteiger partial charge in [-0.25, -0.2) is 0 Å². The number of benzene rings is 1. The largest absolute Gasteiger partial charge is 0.490 e. The first-order chi connectivity index (χ1) is 10.8. The standard InChI is InChI=1S/C17H16N2O3/c1-2-21-15-5-3-4-12-10-13(11-22-16(12)15)17(20)19-14-6-8-18-9-7-14/h3-10H,2,11H2,1H3,(H,18,19,20). The van der Waals surface area contributed by atoms with Gasteiger partial charge in [-0.2, -0.15) is 0 Å². The summed E-state index contributed by atoms with van der Waals surface area (Å²) in [5.41, 5.74) is 2.12. The van der Waals surface area contributed by atoms with Crippen molar-refractivity contribution in [3.05, 3.63) is 53.9 Å². The fourth-order valence-electron chi connectivity index (χ4n) is 2.23. The van der Waals surface area contributed by atoms with Gasteiger partial charge in [-0.05, 0) is 31.2 Å². The number of ether oxygens (including phenoxy) is 2. The molecule has 0 saturated heterocycles. The normalized spacial score (nSPS) is 12.7. The Kier molecular flexibility index (Phi) is 4.05. The van der Waals surface area contributed by atoms with Crippen molar-refractivity contribution < 1.29 is 14.3 Å². The second-order valence-corrected chi connectivity index (χ2v) is 4.76. The van der Waals surface area contributed by atoms with E-state index in [1.54, 1.807) is 24.5 Å². The lowest BCUT2D eigenvalue weighted by atomic mass is 10.1. The molecule has 0 unspecified atom stereocenters. The van der Waals surface area contributed by atoms with Crippen LogP contribution in [0.3, 0.4) is 0 Å². The van der Waals surface area contributed by atoms with Crippen molar-refractivity contribution in [1.29, 1.82) is 0 Å². The number of carbonyl (C=O) groups excluding carboxylic acids is 1. The number of fused-ring (bicyclic) bond motifs is 1. The Balaban J connectivity index is 1.82. The molecule has 5 heteroatoms. The third-order valence-corrected chi connectivity index (χ3v) is 3.24. The molecule has 0 saturated carbocycles. The number of hydrogen-bond acceptors (Lipinski definition) is 4. The topological polar surface area (TPSA) is 60.5 Å². The number of aromatic nitrogens is 1. The minimum atomic E-state index is -0.182. The Morgan fingerprint density at radius 2 is 2.14 bits per heavy atom.